The molecule has 5 rings (SSSR count). The fourth-order valence-electron chi connectivity index (χ4n) is 5.02. The molecule has 1 N–H and O–H groups in total. The summed E-state index contributed by atoms with van der Waals surface area (Å²) in [5, 5.41) is 18.4. The molecule has 178 valence electrons. The maximum absolute atomic E-state index is 14.9. The minimum absolute atomic E-state index is 0.00941. The van der Waals surface area contributed by atoms with Gasteiger partial charge >= 0.3 is 5.97 Å². The minimum atomic E-state index is -0.867. The van der Waals surface area contributed by atoms with Crippen molar-refractivity contribution in [2.45, 2.75) is 45.1 Å². The first-order chi connectivity index (χ1) is 16.8. The smallest absolute Gasteiger partial charge is 0.304 e. The second-order valence-corrected chi connectivity index (χ2v) is 9.03. The third kappa shape index (κ3) is 4.28. The summed E-state index contributed by atoms with van der Waals surface area (Å²) in [7, 11) is 0. The van der Waals surface area contributed by atoms with E-state index in [2.05, 4.69) is 6.07 Å². The highest BCUT2D eigenvalue weighted by molar-refractivity contribution is 5.69. The first-order valence-electron chi connectivity index (χ1n) is 11.5. The molecule has 0 aromatic heterocycles. The van der Waals surface area contributed by atoms with E-state index in [0.29, 0.717) is 53.6 Å². The van der Waals surface area contributed by atoms with Crippen LogP contribution in [0.15, 0.2) is 42.5 Å². The van der Waals surface area contributed by atoms with Crippen LogP contribution in [-0.4, -0.2) is 17.7 Å². The molecular formula is C28H24FNO5. The summed E-state index contributed by atoms with van der Waals surface area (Å²) in [5.74, 6) is 0.928. The highest BCUT2D eigenvalue weighted by Gasteiger charge is 2.32. The van der Waals surface area contributed by atoms with E-state index in [0.717, 1.165) is 22.3 Å². The summed E-state index contributed by atoms with van der Waals surface area (Å²) in [6, 6.07) is 14.2. The van der Waals surface area contributed by atoms with Crippen molar-refractivity contribution in [3.8, 4) is 29.1 Å². The highest BCUT2D eigenvalue weighted by atomic mass is 19.1. The van der Waals surface area contributed by atoms with Gasteiger partial charge in [-0.15, -0.1) is 0 Å². The Morgan fingerprint density at radius 3 is 2.66 bits per heavy atom. The molecule has 3 aromatic carbocycles. The maximum atomic E-state index is 14.9. The molecule has 35 heavy (non-hydrogen) atoms. The SMILES string of the molecule is Cc1cc(Oc2ccc(F)c3c2CC[C@H]3Oc2ccc3c(c2)OCC3CC(=O)O)cc(C)c1C#N. The fourth-order valence-corrected chi connectivity index (χ4v) is 5.02. The van der Waals surface area contributed by atoms with Gasteiger partial charge in [-0.25, -0.2) is 4.39 Å². The molecule has 0 spiro atoms. The fraction of sp³-hybridized carbons (Fsp3) is 0.286. The Kier molecular flexibility index (Phi) is 5.81. The average molecular weight is 474 g/mol. The molecule has 2 aliphatic rings. The van der Waals surface area contributed by atoms with Gasteiger partial charge in [-0.05, 0) is 68.1 Å². The molecule has 2 atom stereocenters. The van der Waals surface area contributed by atoms with Crippen LogP contribution in [0.3, 0.4) is 0 Å². The van der Waals surface area contributed by atoms with Gasteiger partial charge < -0.3 is 19.3 Å². The minimum Gasteiger partial charge on any atom is -0.492 e. The quantitative estimate of drug-likeness (QED) is 0.464. The first kappa shape index (κ1) is 22.7. The largest absolute Gasteiger partial charge is 0.492 e. The van der Waals surface area contributed by atoms with Crippen LogP contribution in [0, 0.1) is 31.0 Å². The second kappa shape index (κ2) is 8.95. The zero-order valence-corrected chi connectivity index (χ0v) is 19.4. The predicted octanol–water partition coefficient (Wildman–Crippen LogP) is 6.12. The van der Waals surface area contributed by atoms with E-state index in [1.54, 1.807) is 18.2 Å². The van der Waals surface area contributed by atoms with E-state index in [1.807, 2.05) is 32.0 Å². The standard InChI is InChI=1S/C28H24FNO5/c1-15-9-19(10-16(2)22(15)13-30)35-24-8-6-23(29)28-21(24)5-7-25(28)34-18-3-4-20-17(11-27(31)32)14-33-26(20)12-18/h3-4,6,8-10,12,17,25H,5,7,11,14H2,1-2H3,(H,31,32)/t17?,25-/m1/s1. The van der Waals surface area contributed by atoms with E-state index >= 15 is 0 Å². The second-order valence-electron chi connectivity index (χ2n) is 9.03. The molecule has 1 aliphatic carbocycles. The summed E-state index contributed by atoms with van der Waals surface area (Å²) in [4.78, 5) is 11.1. The summed E-state index contributed by atoms with van der Waals surface area (Å²) >= 11 is 0. The average Bonchev–Trinajstić information content (AvgIpc) is 3.40. The van der Waals surface area contributed by atoms with Gasteiger partial charge in [0.2, 0.25) is 0 Å². The van der Waals surface area contributed by atoms with Gasteiger partial charge in [0.05, 0.1) is 24.7 Å². The number of hydrogen-bond donors (Lipinski definition) is 1. The van der Waals surface area contributed by atoms with Crippen LogP contribution >= 0.6 is 0 Å². The molecule has 0 bridgehead atoms. The van der Waals surface area contributed by atoms with E-state index in [9.17, 15) is 14.4 Å². The number of aryl methyl sites for hydroxylation is 2. The number of fused-ring (bicyclic) bond motifs is 2. The van der Waals surface area contributed by atoms with Gasteiger partial charge in [-0.1, -0.05) is 6.07 Å². The topological polar surface area (TPSA) is 88.8 Å². The van der Waals surface area contributed by atoms with E-state index in [4.69, 9.17) is 19.3 Å². The molecular weight excluding hydrogens is 449 g/mol. The Morgan fingerprint density at radius 2 is 1.94 bits per heavy atom. The van der Waals surface area contributed by atoms with Crippen LogP contribution in [0.1, 0.15) is 58.2 Å². The van der Waals surface area contributed by atoms with Gasteiger partial charge in [0.25, 0.3) is 0 Å². The Morgan fingerprint density at radius 1 is 1.17 bits per heavy atom. The molecule has 0 saturated carbocycles. The van der Waals surface area contributed by atoms with Crippen LogP contribution in [0.4, 0.5) is 4.39 Å². The van der Waals surface area contributed by atoms with Gasteiger partial charge in [-0.2, -0.15) is 5.26 Å². The number of aliphatic carboxylic acids is 1. The Balaban J connectivity index is 1.38. The molecule has 0 saturated heterocycles. The monoisotopic (exact) mass is 473 g/mol. The number of hydrogen-bond acceptors (Lipinski definition) is 5. The molecule has 1 aliphatic heterocycles. The number of rotatable bonds is 6. The number of carbonyl (C=O) groups is 1. The van der Waals surface area contributed by atoms with E-state index in [1.165, 1.54) is 6.07 Å². The van der Waals surface area contributed by atoms with Gasteiger partial charge in [-0.3, -0.25) is 4.79 Å². The lowest BCUT2D eigenvalue weighted by molar-refractivity contribution is -0.137. The molecule has 1 unspecified atom stereocenters. The van der Waals surface area contributed by atoms with E-state index in [-0.39, 0.29) is 18.2 Å². The third-order valence-electron chi connectivity index (χ3n) is 6.65. The molecule has 0 radical (unpaired) electrons. The first-order valence-corrected chi connectivity index (χ1v) is 11.5. The van der Waals surface area contributed by atoms with E-state index < -0.39 is 12.1 Å². The maximum Gasteiger partial charge on any atom is 0.304 e. The number of nitrogens with zero attached hydrogens (tertiary/aromatic N) is 1. The predicted molar refractivity (Wildman–Crippen MR) is 126 cm³/mol. The summed E-state index contributed by atoms with van der Waals surface area (Å²) in [6.45, 7) is 4.05. The molecule has 3 aromatic rings. The van der Waals surface area contributed by atoms with Crippen molar-refractivity contribution in [3.05, 3.63) is 81.7 Å². The van der Waals surface area contributed by atoms with Gasteiger partial charge in [0.15, 0.2) is 0 Å². The summed E-state index contributed by atoms with van der Waals surface area (Å²) < 4.78 is 32.9. The van der Waals surface area contributed by atoms with Crippen LogP contribution in [0.25, 0.3) is 0 Å². The van der Waals surface area contributed by atoms with Crippen molar-refractivity contribution in [1.82, 2.24) is 0 Å². The Labute approximate surface area is 202 Å². The lowest BCUT2D eigenvalue weighted by atomic mass is 9.98. The van der Waals surface area contributed by atoms with Crippen molar-refractivity contribution in [2.24, 2.45) is 0 Å². The Bertz CT molecular complexity index is 1350. The van der Waals surface area contributed by atoms with Crippen molar-refractivity contribution < 1.29 is 28.5 Å². The number of carboxylic acids is 1. The molecule has 0 fully saturated rings. The van der Waals surface area contributed by atoms with Crippen molar-refractivity contribution in [3.63, 3.8) is 0 Å². The lowest BCUT2D eigenvalue weighted by Crippen LogP contribution is -2.07. The molecule has 1 heterocycles. The van der Waals surface area contributed by atoms with Gasteiger partial charge in [0.1, 0.15) is 34.9 Å². The van der Waals surface area contributed by atoms with Crippen molar-refractivity contribution in [1.29, 1.82) is 5.26 Å². The van der Waals surface area contributed by atoms with Gasteiger partial charge in [0, 0.05) is 28.7 Å². The molecule has 7 heteroatoms. The number of benzene rings is 3. The molecule has 0 amide bonds. The number of ether oxygens (including phenoxy) is 3. The zero-order chi connectivity index (χ0) is 24.7. The van der Waals surface area contributed by atoms with Crippen LogP contribution in [0.2, 0.25) is 0 Å². The van der Waals surface area contributed by atoms with Crippen molar-refractivity contribution >= 4 is 5.97 Å². The molecule has 6 nitrogen and oxygen atoms in total. The number of carboxylic acid groups (broad SMARTS) is 1. The zero-order valence-electron chi connectivity index (χ0n) is 19.4. The lowest BCUT2D eigenvalue weighted by Gasteiger charge is -2.17. The van der Waals surface area contributed by atoms with Crippen LogP contribution < -0.4 is 14.2 Å². The van der Waals surface area contributed by atoms with Crippen LogP contribution in [0.5, 0.6) is 23.0 Å². The summed E-state index contributed by atoms with van der Waals surface area (Å²) in [5.41, 5.74) is 4.38. The normalized spacial score (nSPS) is 17.8. The Hall–Kier alpha value is -4.05. The number of halogens is 1. The number of nitriles is 1. The van der Waals surface area contributed by atoms with Crippen molar-refractivity contribution in [2.75, 3.05) is 6.61 Å². The van der Waals surface area contributed by atoms with Crippen LogP contribution in [-0.2, 0) is 11.2 Å². The third-order valence-corrected chi connectivity index (χ3v) is 6.65. The highest BCUT2D eigenvalue weighted by Crippen LogP contribution is 2.44. The summed E-state index contributed by atoms with van der Waals surface area (Å²) in [6.07, 6.45) is 0.726.